The number of benzene rings is 1. The molecule has 1 aromatic rings. The Balaban J connectivity index is 2.78. The summed E-state index contributed by atoms with van der Waals surface area (Å²) in [5.41, 5.74) is 0.188. The first kappa shape index (κ1) is 15.0. The minimum atomic E-state index is -0.904. The van der Waals surface area contributed by atoms with E-state index in [1.807, 2.05) is 13.8 Å². The highest BCUT2D eigenvalue weighted by molar-refractivity contribution is 6.30. The van der Waals surface area contributed by atoms with Crippen LogP contribution in [0.4, 0.5) is 0 Å². The van der Waals surface area contributed by atoms with E-state index in [1.54, 1.807) is 24.3 Å². The molecule has 1 rings (SSSR count). The molecule has 5 heteroatoms. The van der Waals surface area contributed by atoms with Crippen LogP contribution in [0.3, 0.4) is 0 Å². The van der Waals surface area contributed by atoms with Crippen LogP contribution in [0, 0.1) is 0 Å². The smallest absolute Gasteiger partial charge is 0.312 e. The number of aliphatic hydroxyl groups excluding tert-OH is 1. The molecule has 0 amide bonds. The summed E-state index contributed by atoms with van der Waals surface area (Å²) in [6.07, 6.45) is 0. The standard InChI is InChI=1S/C13H18ClNO3/c1-13(2,8-16)15-7-11(12(17)18)9-3-5-10(14)6-4-9/h3-6,11,15-16H,7-8H2,1-2H3,(H,17,18). The van der Waals surface area contributed by atoms with Crippen molar-refractivity contribution in [3.05, 3.63) is 34.9 Å². The van der Waals surface area contributed by atoms with Gasteiger partial charge >= 0.3 is 5.97 Å². The highest BCUT2D eigenvalue weighted by Crippen LogP contribution is 2.19. The average Bonchev–Trinajstić information content (AvgIpc) is 2.31. The van der Waals surface area contributed by atoms with E-state index in [2.05, 4.69) is 5.32 Å². The Morgan fingerprint density at radius 3 is 2.39 bits per heavy atom. The van der Waals surface area contributed by atoms with Crippen LogP contribution in [-0.2, 0) is 4.79 Å². The zero-order chi connectivity index (χ0) is 13.8. The molecule has 18 heavy (non-hydrogen) atoms. The lowest BCUT2D eigenvalue weighted by Crippen LogP contribution is -2.45. The van der Waals surface area contributed by atoms with Gasteiger partial charge < -0.3 is 15.5 Å². The van der Waals surface area contributed by atoms with E-state index >= 15 is 0 Å². The Morgan fingerprint density at radius 2 is 1.94 bits per heavy atom. The van der Waals surface area contributed by atoms with Gasteiger partial charge in [-0.2, -0.15) is 0 Å². The molecule has 100 valence electrons. The molecule has 0 fully saturated rings. The molecule has 0 aliphatic heterocycles. The Kier molecular flexibility index (Phi) is 5.14. The fourth-order valence-corrected chi connectivity index (χ4v) is 1.60. The van der Waals surface area contributed by atoms with Crippen LogP contribution in [0.1, 0.15) is 25.3 Å². The summed E-state index contributed by atoms with van der Waals surface area (Å²) in [6.45, 7) is 3.83. The van der Waals surface area contributed by atoms with Crippen LogP contribution in [0.2, 0.25) is 5.02 Å². The first-order valence-corrected chi connectivity index (χ1v) is 6.07. The number of hydrogen-bond acceptors (Lipinski definition) is 3. The van der Waals surface area contributed by atoms with Crippen LogP contribution in [0.25, 0.3) is 0 Å². The molecule has 1 atom stereocenters. The van der Waals surface area contributed by atoms with Crippen molar-refractivity contribution in [2.75, 3.05) is 13.2 Å². The van der Waals surface area contributed by atoms with Gasteiger partial charge in [0.05, 0.1) is 12.5 Å². The average molecular weight is 272 g/mol. The summed E-state index contributed by atoms with van der Waals surface area (Å²) < 4.78 is 0. The summed E-state index contributed by atoms with van der Waals surface area (Å²) in [7, 11) is 0. The number of nitrogens with one attached hydrogen (secondary N) is 1. The zero-order valence-corrected chi connectivity index (χ0v) is 11.2. The van der Waals surface area contributed by atoms with Gasteiger partial charge in [0.2, 0.25) is 0 Å². The molecule has 0 radical (unpaired) electrons. The van der Waals surface area contributed by atoms with Crippen molar-refractivity contribution < 1.29 is 15.0 Å². The minimum absolute atomic E-state index is 0.0556. The van der Waals surface area contributed by atoms with Crippen molar-refractivity contribution >= 4 is 17.6 Å². The number of aliphatic hydroxyl groups is 1. The van der Waals surface area contributed by atoms with Crippen LogP contribution < -0.4 is 5.32 Å². The van der Waals surface area contributed by atoms with Gasteiger partial charge in [-0.15, -0.1) is 0 Å². The third-order valence-corrected chi connectivity index (χ3v) is 3.00. The first-order valence-electron chi connectivity index (χ1n) is 5.70. The van der Waals surface area contributed by atoms with Crippen molar-refractivity contribution in [1.29, 1.82) is 0 Å². The van der Waals surface area contributed by atoms with Gasteiger partial charge in [-0.05, 0) is 31.5 Å². The third-order valence-electron chi connectivity index (χ3n) is 2.75. The van der Waals surface area contributed by atoms with E-state index in [0.29, 0.717) is 10.6 Å². The van der Waals surface area contributed by atoms with Gasteiger partial charge in [0.1, 0.15) is 0 Å². The second-order valence-electron chi connectivity index (χ2n) is 4.87. The van der Waals surface area contributed by atoms with Crippen molar-refractivity contribution in [3.8, 4) is 0 Å². The second kappa shape index (κ2) is 6.18. The molecule has 1 aromatic carbocycles. The molecule has 0 spiro atoms. The lowest BCUT2D eigenvalue weighted by Gasteiger charge is -2.25. The molecule has 0 bridgehead atoms. The highest BCUT2D eigenvalue weighted by Gasteiger charge is 2.23. The molecule has 0 aliphatic carbocycles. The minimum Gasteiger partial charge on any atom is -0.481 e. The number of carboxylic acid groups (broad SMARTS) is 1. The number of rotatable bonds is 6. The largest absolute Gasteiger partial charge is 0.481 e. The molecule has 4 nitrogen and oxygen atoms in total. The number of hydrogen-bond donors (Lipinski definition) is 3. The monoisotopic (exact) mass is 271 g/mol. The molecular weight excluding hydrogens is 254 g/mol. The summed E-state index contributed by atoms with van der Waals surface area (Å²) in [4.78, 5) is 11.3. The predicted octanol–water partition coefficient (Wildman–Crippen LogP) is 1.87. The maximum absolute atomic E-state index is 11.3. The van der Waals surface area contributed by atoms with Crippen molar-refractivity contribution in [1.82, 2.24) is 5.32 Å². The van der Waals surface area contributed by atoms with Gasteiger partial charge in [-0.3, -0.25) is 4.79 Å². The summed E-state index contributed by atoms with van der Waals surface area (Å²) in [6, 6.07) is 6.75. The van der Waals surface area contributed by atoms with E-state index in [1.165, 1.54) is 0 Å². The van der Waals surface area contributed by atoms with Crippen LogP contribution in [-0.4, -0.2) is 34.9 Å². The predicted molar refractivity (Wildman–Crippen MR) is 71.0 cm³/mol. The zero-order valence-electron chi connectivity index (χ0n) is 10.5. The van der Waals surface area contributed by atoms with E-state index < -0.39 is 17.4 Å². The van der Waals surface area contributed by atoms with Crippen molar-refractivity contribution in [2.24, 2.45) is 0 Å². The Labute approximate surface area is 112 Å². The fourth-order valence-electron chi connectivity index (χ4n) is 1.48. The van der Waals surface area contributed by atoms with Gasteiger partial charge in [0.25, 0.3) is 0 Å². The van der Waals surface area contributed by atoms with Crippen molar-refractivity contribution in [2.45, 2.75) is 25.3 Å². The lowest BCUT2D eigenvalue weighted by atomic mass is 9.97. The molecule has 0 saturated carbocycles. The normalized spacial score (nSPS) is 13.3. The Hall–Kier alpha value is -1.10. The number of halogens is 1. The fraction of sp³-hybridized carbons (Fsp3) is 0.462. The quantitative estimate of drug-likeness (QED) is 0.739. The van der Waals surface area contributed by atoms with E-state index in [9.17, 15) is 9.90 Å². The first-order chi connectivity index (χ1) is 8.35. The number of aliphatic carboxylic acids is 1. The SMILES string of the molecule is CC(C)(CO)NCC(C(=O)O)c1ccc(Cl)cc1. The van der Waals surface area contributed by atoms with Gasteiger partial charge in [0.15, 0.2) is 0 Å². The van der Waals surface area contributed by atoms with Crippen molar-refractivity contribution in [3.63, 3.8) is 0 Å². The maximum atomic E-state index is 11.3. The van der Waals surface area contributed by atoms with E-state index in [-0.39, 0.29) is 13.2 Å². The number of carbonyl (C=O) groups is 1. The Morgan fingerprint density at radius 1 is 1.39 bits per heavy atom. The molecule has 0 saturated heterocycles. The number of carboxylic acids is 1. The molecule has 0 aliphatic rings. The Bertz CT molecular complexity index is 403. The second-order valence-corrected chi connectivity index (χ2v) is 5.30. The van der Waals surface area contributed by atoms with Crippen LogP contribution >= 0.6 is 11.6 Å². The topological polar surface area (TPSA) is 69.6 Å². The molecule has 1 unspecified atom stereocenters. The summed E-state index contributed by atoms with van der Waals surface area (Å²) in [5.74, 6) is -1.56. The van der Waals surface area contributed by atoms with Gasteiger partial charge in [-0.1, -0.05) is 23.7 Å². The van der Waals surface area contributed by atoms with Crippen LogP contribution in [0.5, 0.6) is 0 Å². The van der Waals surface area contributed by atoms with Gasteiger partial charge in [-0.25, -0.2) is 0 Å². The maximum Gasteiger partial charge on any atom is 0.312 e. The van der Waals surface area contributed by atoms with Crippen LogP contribution in [0.15, 0.2) is 24.3 Å². The summed E-state index contributed by atoms with van der Waals surface area (Å²) >= 11 is 5.77. The highest BCUT2D eigenvalue weighted by atomic mass is 35.5. The molecular formula is C13H18ClNO3. The molecule has 0 aromatic heterocycles. The summed E-state index contributed by atoms with van der Waals surface area (Å²) in [5, 5.41) is 22.0. The van der Waals surface area contributed by atoms with E-state index in [0.717, 1.165) is 0 Å². The van der Waals surface area contributed by atoms with Gasteiger partial charge in [0, 0.05) is 17.1 Å². The molecule has 3 N–H and O–H groups in total. The lowest BCUT2D eigenvalue weighted by molar-refractivity contribution is -0.138. The molecule has 0 heterocycles. The van der Waals surface area contributed by atoms with E-state index in [4.69, 9.17) is 16.7 Å². The third kappa shape index (κ3) is 4.29.